The molecule has 0 saturated carbocycles. The van der Waals surface area contributed by atoms with Gasteiger partial charge in [0.1, 0.15) is 0 Å². The Labute approximate surface area is 128 Å². The van der Waals surface area contributed by atoms with Gasteiger partial charge in [-0.15, -0.1) is 0 Å². The molecule has 0 spiro atoms. The average molecular weight is 313 g/mol. The van der Waals surface area contributed by atoms with Crippen LogP contribution in [-0.4, -0.2) is 67.2 Å². The van der Waals surface area contributed by atoms with Crippen LogP contribution in [0.5, 0.6) is 0 Å². The lowest BCUT2D eigenvalue weighted by Gasteiger charge is -2.35. The lowest BCUT2D eigenvalue weighted by molar-refractivity contribution is -0.138. The molecule has 1 aliphatic heterocycles. The van der Waals surface area contributed by atoms with Crippen molar-refractivity contribution in [3.05, 3.63) is 35.4 Å². The Morgan fingerprint density at radius 2 is 2.05 bits per heavy atom. The molecule has 1 aromatic carbocycles. The Balaban J connectivity index is 2.18. The largest absolute Gasteiger partial charge is 0.480 e. The monoisotopic (exact) mass is 313 g/mol. The summed E-state index contributed by atoms with van der Waals surface area (Å²) in [6.45, 7) is 3.86. The van der Waals surface area contributed by atoms with Crippen LogP contribution in [0, 0.1) is 11.6 Å². The van der Waals surface area contributed by atoms with Crippen molar-refractivity contribution in [3.63, 3.8) is 0 Å². The van der Waals surface area contributed by atoms with Gasteiger partial charge in [0.2, 0.25) is 0 Å². The van der Waals surface area contributed by atoms with Crippen molar-refractivity contribution in [1.82, 2.24) is 15.1 Å². The molecule has 122 valence electrons. The van der Waals surface area contributed by atoms with Crippen molar-refractivity contribution in [2.75, 3.05) is 46.3 Å². The molecular formula is C15H21F2N3O2. The second-order valence-electron chi connectivity index (χ2n) is 5.55. The number of nitrogens with zero attached hydrogens (tertiary/aromatic N) is 2. The average Bonchev–Trinajstić information content (AvgIpc) is 2.48. The maximum absolute atomic E-state index is 13.5. The number of hydrogen-bond donors (Lipinski definition) is 2. The molecule has 1 saturated heterocycles. The molecule has 1 atom stereocenters. The number of nitrogens with one attached hydrogen (secondary N) is 1. The molecule has 0 aliphatic carbocycles. The van der Waals surface area contributed by atoms with Crippen molar-refractivity contribution in [1.29, 1.82) is 0 Å². The maximum Gasteiger partial charge on any atom is 0.317 e. The van der Waals surface area contributed by atoms with E-state index >= 15 is 0 Å². The zero-order chi connectivity index (χ0) is 16.1. The summed E-state index contributed by atoms with van der Waals surface area (Å²) < 4.78 is 26.6. The van der Waals surface area contributed by atoms with Gasteiger partial charge < -0.3 is 10.4 Å². The van der Waals surface area contributed by atoms with E-state index in [1.165, 1.54) is 6.07 Å². The number of benzene rings is 1. The minimum Gasteiger partial charge on any atom is -0.480 e. The molecule has 0 amide bonds. The number of likely N-dealkylation sites (N-methyl/N-ethyl adjacent to an activating group) is 1. The first-order chi connectivity index (χ1) is 10.5. The van der Waals surface area contributed by atoms with Crippen molar-refractivity contribution < 1.29 is 18.7 Å². The van der Waals surface area contributed by atoms with Crippen LogP contribution in [-0.2, 0) is 4.79 Å². The van der Waals surface area contributed by atoms with Crippen LogP contribution in [0.25, 0.3) is 0 Å². The van der Waals surface area contributed by atoms with Gasteiger partial charge in [0.05, 0.1) is 6.54 Å². The van der Waals surface area contributed by atoms with E-state index in [-0.39, 0.29) is 12.6 Å². The molecule has 7 heteroatoms. The van der Waals surface area contributed by atoms with Gasteiger partial charge in [-0.25, -0.2) is 8.78 Å². The number of carboxylic acids is 1. The smallest absolute Gasteiger partial charge is 0.317 e. The second kappa shape index (κ2) is 7.62. The summed E-state index contributed by atoms with van der Waals surface area (Å²) in [6.07, 6.45) is 0. The highest BCUT2D eigenvalue weighted by Crippen LogP contribution is 2.23. The van der Waals surface area contributed by atoms with Gasteiger partial charge in [-0.2, -0.15) is 0 Å². The van der Waals surface area contributed by atoms with Crippen LogP contribution in [0.4, 0.5) is 8.78 Å². The van der Waals surface area contributed by atoms with E-state index in [2.05, 4.69) is 10.2 Å². The lowest BCUT2D eigenvalue weighted by atomic mass is 10.0. The Morgan fingerprint density at radius 3 is 2.64 bits per heavy atom. The standard InChI is InChI=1S/C15H21F2N3O2/c1-19(10-15(21)22)14(9-20-6-4-18-5-7-20)11-2-3-12(16)13(17)8-11/h2-3,8,14,18H,4-7,9-10H2,1H3,(H,21,22). The first-order valence-electron chi connectivity index (χ1n) is 7.27. The number of carbonyl (C=O) groups is 1. The van der Waals surface area contributed by atoms with E-state index in [1.54, 1.807) is 11.9 Å². The quantitative estimate of drug-likeness (QED) is 0.818. The van der Waals surface area contributed by atoms with Gasteiger partial charge in [-0.3, -0.25) is 14.6 Å². The van der Waals surface area contributed by atoms with Crippen LogP contribution in [0.3, 0.4) is 0 Å². The Kier molecular flexibility index (Phi) is 5.82. The highest BCUT2D eigenvalue weighted by molar-refractivity contribution is 5.69. The summed E-state index contributed by atoms with van der Waals surface area (Å²) in [4.78, 5) is 14.8. The first-order valence-corrected chi connectivity index (χ1v) is 7.27. The zero-order valence-corrected chi connectivity index (χ0v) is 12.6. The zero-order valence-electron chi connectivity index (χ0n) is 12.6. The van der Waals surface area contributed by atoms with Gasteiger partial charge in [0, 0.05) is 38.8 Å². The summed E-state index contributed by atoms with van der Waals surface area (Å²) in [7, 11) is 1.68. The lowest BCUT2D eigenvalue weighted by Crippen LogP contribution is -2.47. The number of aliphatic carboxylic acids is 1. The molecule has 0 aromatic heterocycles. The van der Waals surface area contributed by atoms with Crippen molar-refractivity contribution in [2.45, 2.75) is 6.04 Å². The van der Waals surface area contributed by atoms with Crippen molar-refractivity contribution in [3.8, 4) is 0 Å². The second-order valence-corrected chi connectivity index (χ2v) is 5.55. The van der Waals surface area contributed by atoms with Crippen LogP contribution in [0.2, 0.25) is 0 Å². The summed E-state index contributed by atoms with van der Waals surface area (Å²) >= 11 is 0. The van der Waals surface area contributed by atoms with Gasteiger partial charge in [0.15, 0.2) is 11.6 Å². The van der Waals surface area contributed by atoms with E-state index in [9.17, 15) is 13.6 Å². The number of hydrogen-bond acceptors (Lipinski definition) is 4. The van der Waals surface area contributed by atoms with Gasteiger partial charge in [-0.1, -0.05) is 6.07 Å². The maximum atomic E-state index is 13.5. The Hall–Kier alpha value is -1.57. The predicted molar refractivity (Wildman–Crippen MR) is 78.7 cm³/mol. The van der Waals surface area contributed by atoms with E-state index in [1.807, 2.05) is 0 Å². The van der Waals surface area contributed by atoms with Crippen LogP contribution >= 0.6 is 0 Å². The topological polar surface area (TPSA) is 55.8 Å². The van der Waals surface area contributed by atoms with Gasteiger partial charge >= 0.3 is 5.97 Å². The molecule has 0 radical (unpaired) electrons. The van der Waals surface area contributed by atoms with Crippen molar-refractivity contribution >= 4 is 5.97 Å². The van der Waals surface area contributed by atoms with E-state index in [0.717, 1.165) is 38.3 Å². The fourth-order valence-corrected chi connectivity index (χ4v) is 2.68. The molecule has 1 aromatic rings. The molecule has 1 fully saturated rings. The van der Waals surface area contributed by atoms with Crippen LogP contribution < -0.4 is 5.32 Å². The third-order valence-corrected chi connectivity index (χ3v) is 3.89. The molecule has 1 aliphatic rings. The summed E-state index contributed by atoms with van der Waals surface area (Å²) in [5, 5.41) is 12.2. The highest BCUT2D eigenvalue weighted by atomic mass is 19.2. The Morgan fingerprint density at radius 1 is 1.36 bits per heavy atom. The number of carboxylic acid groups (broad SMARTS) is 1. The summed E-state index contributed by atoms with van der Waals surface area (Å²) in [5.74, 6) is -2.76. The van der Waals surface area contributed by atoms with Crippen molar-refractivity contribution in [2.24, 2.45) is 0 Å². The summed E-state index contributed by atoms with van der Waals surface area (Å²) in [6, 6.07) is 3.46. The number of halogens is 2. The third-order valence-electron chi connectivity index (χ3n) is 3.89. The van der Waals surface area contributed by atoms with E-state index in [0.29, 0.717) is 12.1 Å². The van der Waals surface area contributed by atoms with Crippen LogP contribution in [0.1, 0.15) is 11.6 Å². The third kappa shape index (κ3) is 4.46. The Bertz CT molecular complexity index is 522. The summed E-state index contributed by atoms with van der Waals surface area (Å²) in [5.41, 5.74) is 0.584. The molecule has 2 rings (SSSR count). The van der Waals surface area contributed by atoms with Crippen LogP contribution in [0.15, 0.2) is 18.2 Å². The van der Waals surface area contributed by atoms with E-state index in [4.69, 9.17) is 5.11 Å². The molecule has 22 heavy (non-hydrogen) atoms. The first kappa shape index (κ1) is 16.8. The molecule has 1 heterocycles. The minimum atomic E-state index is -0.949. The fraction of sp³-hybridized carbons (Fsp3) is 0.533. The SMILES string of the molecule is CN(CC(=O)O)C(CN1CCNCC1)c1ccc(F)c(F)c1. The molecule has 0 bridgehead atoms. The van der Waals surface area contributed by atoms with Gasteiger partial charge in [-0.05, 0) is 24.7 Å². The highest BCUT2D eigenvalue weighted by Gasteiger charge is 2.24. The fourth-order valence-electron chi connectivity index (χ4n) is 2.68. The molecular weight excluding hydrogens is 292 g/mol. The predicted octanol–water partition coefficient (Wildman–Crippen LogP) is 0.928. The minimum absolute atomic E-state index is 0.157. The van der Waals surface area contributed by atoms with Gasteiger partial charge in [0.25, 0.3) is 0 Å². The normalized spacial score (nSPS) is 17.6. The molecule has 1 unspecified atom stereocenters. The molecule has 2 N–H and O–H groups in total. The molecule has 5 nitrogen and oxygen atoms in total. The number of piperazine rings is 1. The number of rotatable bonds is 6. The van der Waals surface area contributed by atoms with E-state index < -0.39 is 17.6 Å².